The van der Waals surface area contributed by atoms with E-state index in [9.17, 15) is 24.1 Å². The summed E-state index contributed by atoms with van der Waals surface area (Å²) in [5.74, 6) is -3.10. The normalized spacial score (nSPS) is 15.5. The molecule has 0 saturated heterocycles. The van der Waals surface area contributed by atoms with Gasteiger partial charge in [-0.2, -0.15) is 0 Å². The number of aliphatic imine (C=N–C) groups is 1. The number of allylic oxidation sites excluding steroid dienone is 1. The van der Waals surface area contributed by atoms with Gasteiger partial charge in [0, 0.05) is 6.54 Å². The maximum atomic E-state index is 12.6. The molecule has 0 aromatic carbocycles. The number of carbonyl (C=O) groups excluding carboxylic acids is 2. The largest absolute Gasteiger partial charge is 0.479 e. The average Bonchev–Trinajstić information content (AvgIpc) is 2.66. The Kier molecular flexibility index (Phi) is 12.7. The summed E-state index contributed by atoms with van der Waals surface area (Å²) in [6.07, 6.45) is 2.27. The van der Waals surface area contributed by atoms with Crippen LogP contribution < -0.4 is 27.8 Å². The van der Waals surface area contributed by atoms with E-state index in [1.807, 2.05) is 6.92 Å². The molecule has 0 spiro atoms. The molecule has 0 fully saturated rings. The highest BCUT2D eigenvalue weighted by Crippen LogP contribution is 2.33. The third-order valence-electron chi connectivity index (χ3n) is 4.37. The molecule has 0 aliphatic carbocycles. The average molecular weight is 464 g/mol. The van der Waals surface area contributed by atoms with Crippen molar-refractivity contribution in [1.82, 2.24) is 10.6 Å². The number of hydrogen-bond donors (Lipinski definition) is 8. The molecule has 0 aliphatic rings. The Balaban J connectivity index is 5.33. The predicted octanol–water partition coefficient (Wildman–Crippen LogP) is -1.80. The molecule has 0 saturated carbocycles. The Labute approximate surface area is 180 Å². The van der Waals surface area contributed by atoms with Gasteiger partial charge < -0.3 is 42.7 Å². The van der Waals surface area contributed by atoms with E-state index < -0.39 is 49.7 Å². The molecule has 4 atom stereocenters. The van der Waals surface area contributed by atoms with Crippen LogP contribution in [0.15, 0.2) is 17.1 Å². The fourth-order valence-electron chi connectivity index (χ4n) is 2.33. The molecule has 31 heavy (non-hydrogen) atoms. The summed E-state index contributed by atoms with van der Waals surface area (Å²) in [6, 6.07) is -3.54. The third kappa shape index (κ3) is 12.7. The minimum Gasteiger partial charge on any atom is -0.479 e. The standard InChI is InChI=1S/C17H33N6O7P/c1-3-10(2)13(18)15(25)22-11(6-4-8-21-17(19)20)14(24)23-12(16(26)27)7-5-9-31(28,29)30/h5,7,10-13H,3-4,6,8-9,18H2,1-2H3,(H,22,25)(H,23,24)(H,26,27)(H4,19,20,21)(H2,28,29,30)/b7-5-/t10-,11-,12-,13-/m0/s1. The van der Waals surface area contributed by atoms with E-state index in [1.165, 1.54) is 0 Å². The number of hydrogen-bond acceptors (Lipinski definition) is 6. The minimum absolute atomic E-state index is 0.0973. The fourth-order valence-corrected chi connectivity index (χ4v) is 2.73. The number of nitrogens with two attached hydrogens (primary N) is 3. The molecule has 0 aliphatic heterocycles. The van der Waals surface area contributed by atoms with Crippen LogP contribution in [-0.2, 0) is 18.9 Å². The van der Waals surface area contributed by atoms with E-state index in [0.29, 0.717) is 12.8 Å². The molecule has 0 rings (SSSR count). The molecule has 0 unspecified atom stereocenters. The van der Waals surface area contributed by atoms with E-state index in [4.69, 9.17) is 27.0 Å². The van der Waals surface area contributed by atoms with Crippen LogP contribution in [0, 0.1) is 5.92 Å². The van der Waals surface area contributed by atoms with E-state index in [2.05, 4.69) is 15.6 Å². The summed E-state index contributed by atoms with van der Waals surface area (Å²) in [5.41, 5.74) is 16.4. The molecule has 14 heteroatoms. The van der Waals surface area contributed by atoms with Gasteiger partial charge in [0.05, 0.1) is 12.2 Å². The summed E-state index contributed by atoms with van der Waals surface area (Å²) in [4.78, 5) is 57.9. The van der Waals surface area contributed by atoms with Crippen molar-refractivity contribution in [3.05, 3.63) is 12.2 Å². The van der Waals surface area contributed by atoms with Crippen LogP contribution in [0.1, 0.15) is 33.1 Å². The van der Waals surface area contributed by atoms with Crippen LogP contribution in [0.25, 0.3) is 0 Å². The third-order valence-corrected chi connectivity index (χ3v) is 5.06. The van der Waals surface area contributed by atoms with Crippen LogP contribution in [0.2, 0.25) is 0 Å². The SMILES string of the molecule is CC[C@H](C)[C@H](N)C(=O)N[C@@H](CCCN=C(N)N)C(=O)N[C@@H](/C=C\CP(=O)(O)O)C(=O)O. The Morgan fingerprint density at radius 1 is 1.16 bits per heavy atom. The summed E-state index contributed by atoms with van der Waals surface area (Å²) in [7, 11) is -4.37. The van der Waals surface area contributed by atoms with Gasteiger partial charge in [-0.15, -0.1) is 0 Å². The lowest BCUT2D eigenvalue weighted by atomic mass is 9.98. The Hall–Kier alpha value is -2.47. The predicted molar refractivity (Wildman–Crippen MR) is 115 cm³/mol. The zero-order valence-electron chi connectivity index (χ0n) is 17.6. The number of nitrogens with one attached hydrogen (secondary N) is 2. The molecule has 178 valence electrons. The van der Waals surface area contributed by atoms with Gasteiger partial charge in [-0.3, -0.25) is 19.1 Å². The second-order valence-corrected chi connectivity index (χ2v) is 8.72. The molecule has 0 bridgehead atoms. The van der Waals surface area contributed by atoms with Gasteiger partial charge >= 0.3 is 13.6 Å². The van der Waals surface area contributed by atoms with Gasteiger partial charge in [-0.05, 0) is 18.8 Å². The zero-order valence-corrected chi connectivity index (χ0v) is 18.5. The Bertz CT molecular complexity index is 720. The Morgan fingerprint density at radius 3 is 2.26 bits per heavy atom. The molecule has 0 aromatic heterocycles. The first-order valence-electron chi connectivity index (χ1n) is 9.64. The van der Waals surface area contributed by atoms with Gasteiger partial charge in [0.1, 0.15) is 12.1 Å². The first-order chi connectivity index (χ1) is 14.3. The van der Waals surface area contributed by atoms with E-state index in [-0.39, 0.29) is 24.8 Å². The van der Waals surface area contributed by atoms with Crippen molar-refractivity contribution in [1.29, 1.82) is 0 Å². The number of aliphatic carboxylic acids is 1. The molecule has 2 amide bonds. The molecule has 13 nitrogen and oxygen atoms in total. The molecule has 0 heterocycles. The van der Waals surface area contributed by atoms with Crippen molar-refractivity contribution in [3.8, 4) is 0 Å². The van der Waals surface area contributed by atoms with E-state index in [0.717, 1.165) is 12.2 Å². The number of amides is 2. The quantitative estimate of drug-likeness (QED) is 0.0471. The summed E-state index contributed by atoms with van der Waals surface area (Å²) in [5, 5.41) is 14.0. The molecular formula is C17H33N6O7P. The maximum Gasteiger partial charge on any atom is 0.330 e. The maximum absolute atomic E-state index is 12.6. The van der Waals surface area contributed by atoms with Gasteiger partial charge in [-0.1, -0.05) is 32.4 Å². The second kappa shape index (κ2) is 13.8. The number of rotatable bonds is 14. The fraction of sp³-hybridized carbons (Fsp3) is 0.647. The minimum atomic E-state index is -4.37. The van der Waals surface area contributed by atoms with Crippen LogP contribution in [0.3, 0.4) is 0 Å². The molecule has 0 aromatic rings. The molecular weight excluding hydrogens is 431 g/mol. The van der Waals surface area contributed by atoms with Crippen molar-refractivity contribution in [2.75, 3.05) is 12.7 Å². The number of carbonyl (C=O) groups is 3. The summed E-state index contributed by atoms with van der Waals surface area (Å²) >= 11 is 0. The van der Waals surface area contributed by atoms with Crippen LogP contribution in [-0.4, -0.2) is 69.5 Å². The lowest BCUT2D eigenvalue weighted by Crippen LogP contribution is -2.55. The van der Waals surface area contributed by atoms with Gasteiger partial charge in [0.2, 0.25) is 11.8 Å². The molecule has 11 N–H and O–H groups in total. The van der Waals surface area contributed by atoms with Crippen LogP contribution in [0.4, 0.5) is 0 Å². The van der Waals surface area contributed by atoms with Gasteiger partial charge in [0.25, 0.3) is 0 Å². The highest BCUT2D eigenvalue weighted by Gasteiger charge is 2.28. The zero-order chi connectivity index (χ0) is 24.2. The van der Waals surface area contributed by atoms with Crippen molar-refractivity contribution in [2.24, 2.45) is 28.1 Å². The lowest BCUT2D eigenvalue weighted by molar-refractivity contribution is -0.140. The lowest BCUT2D eigenvalue weighted by Gasteiger charge is -2.24. The van der Waals surface area contributed by atoms with Crippen LogP contribution in [0.5, 0.6) is 0 Å². The Morgan fingerprint density at radius 2 is 1.77 bits per heavy atom. The smallest absolute Gasteiger partial charge is 0.330 e. The highest BCUT2D eigenvalue weighted by atomic mass is 31.2. The van der Waals surface area contributed by atoms with Crippen molar-refractivity contribution in [3.63, 3.8) is 0 Å². The van der Waals surface area contributed by atoms with E-state index >= 15 is 0 Å². The van der Waals surface area contributed by atoms with Crippen molar-refractivity contribution in [2.45, 2.75) is 51.2 Å². The van der Waals surface area contributed by atoms with E-state index in [1.54, 1.807) is 6.92 Å². The van der Waals surface area contributed by atoms with Crippen molar-refractivity contribution < 1.29 is 33.8 Å². The van der Waals surface area contributed by atoms with Gasteiger partial charge in [0.15, 0.2) is 5.96 Å². The first kappa shape index (κ1) is 28.5. The second-order valence-electron chi connectivity index (χ2n) is 7.02. The highest BCUT2D eigenvalue weighted by molar-refractivity contribution is 7.51. The topological polar surface area (TPSA) is 243 Å². The molecule has 0 radical (unpaired) electrons. The summed E-state index contributed by atoms with van der Waals surface area (Å²) < 4.78 is 10.9. The number of carboxylic acids is 1. The van der Waals surface area contributed by atoms with Crippen molar-refractivity contribution >= 4 is 31.3 Å². The first-order valence-corrected chi connectivity index (χ1v) is 11.4. The number of carboxylic acid groups (broad SMARTS) is 1. The number of nitrogens with zero attached hydrogens (tertiary/aromatic N) is 1. The monoisotopic (exact) mass is 464 g/mol. The van der Waals surface area contributed by atoms with Crippen LogP contribution >= 0.6 is 7.60 Å². The summed E-state index contributed by atoms with van der Waals surface area (Å²) in [6.45, 7) is 3.83. The number of guanidine groups is 1. The van der Waals surface area contributed by atoms with Gasteiger partial charge in [-0.25, -0.2) is 4.79 Å².